The third-order valence-electron chi connectivity index (χ3n) is 4.80. The molecule has 1 atom stereocenters. The molecule has 6 nitrogen and oxygen atoms in total. The Hall–Kier alpha value is -3.02. The van der Waals surface area contributed by atoms with E-state index in [1.54, 1.807) is 29.2 Å². The summed E-state index contributed by atoms with van der Waals surface area (Å²) in [4.78, 5) is 26.7. The maximum Gasteiger partial charge on any atom is 0.251 e. The molecule has 0 radical (unpaired) electrons. The molecule has 0 bridgehead atoms. The Morgan fingerprint density at radius 2 is 1.69 bits per heavy atom. The maximum absolute atomic E-state index is 12.5. The van der Waals surface area contributed by atoms with Crippen LogP contribution in [0.1, 0.15) is 43.5 Å². The normalized spacial score (nSPS) is 16.0. The van der Waals surface area contributed by atoms with Gasteiger partial charge in [0.2, 0.25) is 5.91 Å². The van der Waals surface area contributed by atoms with Crippen molar-refractivity contribution in [2.45, 2.75) is 39.2 Å². The molecule has 29 heavy (non-hydrogen) atoms. The van der Waals surface area contributed by atoms with Gasteiger partial charge < -0.3 is 19.7 Å². The molecule has 1 saturated heterocycles. The summed E-state index contributed by atoms with van der Waals surface area (Å²) in [6, 6.07) is 14.3. The average Bonchev–Trinajstić information content (AvgIpc) is 3.09. The lowest BCUT2D eigenvalue weighted by molar-refractivity contribution is -0.117. The number of anilines is 1. The van der Waals surface area contributed by atoms with Gasteiger partial charge >= 0.3 is 0 Å². The molecule has 1 fully saturated rings. The minimum Gasteiger partial charge on any atom is -0.494 e. The number of unbranched alkanes of at least 4 members (excludes halogenated alkanes) is 1. The fraction of sp³-hybridized carbons (Fsp3) is 0.391. The molecule has 0 spiro atoms. The van der Waals surface area contributed by atoms with Crippen molar-refractivity contribution >= 4 is 17.5 Å². The molecule has 154 valence electrons. The molecular formula is C23H28N2O4. The average molecular weight is 396 g/mol. The van der Waals surface area contributed by atoms with Crippen LogP contribution in [0.25, 0.3) is 0 Å². The van der Waals surface area contributed by atoms with Crippen LogP contribution in [0.15, 0.2) is 48.5 Å². The zero-order valence-corrected chi connectivity index (χ0v) is 17.0. The van der Waals surface area contributed by atoms with Crippen molar-refractivity contribution in [3.8, 4) is 11.5 Å². The Balaban J connectivity index is 1.55. The Morgan fingerprint density at radius 3 is 2.34 bits per heavy atom. The molecule has 2 amide bonds. The standard InChI is InChI=1S/C23H28N2O4/c1-3-5-14-29-21-10-6-17(7-11-21)23(27)24-18-15-22(26)25(16-18)19-8-12-20(13-9-19)28-4-2/h6-13,18H,3-5,14-16H2,1-2H3,(H,24,27). The molecule has 1 N–H and O–H groups in total. The molecule has 1 aliphatic rings. The smallest absolute Gasteiger partial charge is 0.251 e. The zero-order valence-electron chi connectivity index (χ0n) is 17.0. The minimum absolute atomic E-state index is 0.000804. The Bertz CT molecular complexity index is 818. The fourth-order valence-electron chi connectivity index (χ4n) is 3.25. The van der Waals surface area contributed by atoms with Gasteiger partial charge in [-0.1, -0.05) is 13.3 Å². The van der Waals surface area contributed by atoms with E-state index in [-0.39, 0.29) is 24.3 Å². The number of amides is 2. The molecule has 2 aromatic carbocycles. The number of rotatable bonds is 9. The van der Waals surface area contributed by atoms with Gasteiger partial charge in [0.05, 0.1) is 19.3 Å². The second-order valence-corrected chi connectivity index (χ2v) is 7.03. The van der Waals surface area contributed by atoms with E-state index in [1.165, 1.54) is 0 Å². The SMILES string of the molecule is CCCCOc1ccc(C(=O)NC2CC(=O)N(c3ccc(OCC)cc3)C2)cc1. The summed E-state index contributed by atoms with van der Waals surface area (Å²) in [5.74, 6) is 1.35. The molecule has 1 aliphatic heterocycles. The third-order valence-corrected chi connectivity index (χ3v) is 4.80. The summed E-state index contributed by atoms with van der Waals surface area (Å²) in [5, 5.41) is 2.96. The summed E-state index contributed by atoms with van der Waals surface area (Å²) in [7, 11) is 0. The number of carbonyl (C=O) groups is 2. The van der Waals surface area contributed by atoms with Crippen molar-refractivity contribution < 1.29 is 19.1 Å². The summed E-state index contributed by atoms with van der Waals surface area (Å²) in [6.07, 6.45) is 2.37. The molecule has 2 aromatic rings. The molecular weight excluding hydrogens is 368 g/mol. The van der Waals surface area contributed by atoms with Crippen molar-refractivity contribution in [2.75, 3.05) is 24.7 Å². The number of nitrogens with one attached hydrogen (secondary N) is 1. The van der Waals surface area contributed by atoms with Crippen molar-refractivity contribution in [3.63, 3.8) is 0 Å². The van der Waals surface area contributed by atoms with Gasteiger partial charge in [-0.2, -0.15) is 0 Å². The van der Waals surface area contributed by atoms with Crippen LogP contribution in [0.5, 0.6) is 11.5 Å². The van der Waals surface area contributed by atoms with Crippen molar-refractivity contribution in [3.05, 3.63) is 54.1 Å². The summed E-state index contributed by atoms with van der Waals surface area (Å²) < 4.78 is 11.1. The van der Waals surface area contributed by atoms with Crippen LogP contribution < -0.4 is 19.7 Å². The van der Waals surface area contributed by atoms with Gasteiger partial charge in [-0.3, -0.25) is 9.59 Å². The van der Waals surface area contributed by atoms with Crippen molar-refractivity contribution in [1.82, 2.24) is 5.32 Å². The van der Waals surface area contributed by atoms with Crippen LogP contribution >= 0.6 is 0 Å². The van der Waals surface area contributed by atoms with E-state index >= 15 is 0 Å². The Kier molecular flexibility index (Phi) is 7.11. The lowest BCUT2D eigenvalue weighted by Gasteiger charge is -2.18. The number of ether oxygens (including phenoxy) is 2. The van der Waals surface area contributed by atoms with E-state index in [9.17, 15) is 9.59 Å². The van der Waals surface area contributed by atoms with Gasteiger partial charge in [-0.15, -0.1) is 0 Å². The highest BCUT2D eigenvalue weighted by Gasteiger charge is 2.31. The lowest BCUT2D eigenvalue weighted by Crippen LogP contribution is -2.37. The second kappa shape index (κ2) is 9.96. The number of carbonyl (C=O) groups excluding carboxylic acids is 2. The van der Waals surface area contributed by atoms with E-state index in [0.29, 0.717) is 25.3 Å². The molecule has 0 saturated carbocycles. The predicted octanol–water partition coefficient (Wildman–Crippen LogP) is 3.80. The first-order chi connectivity index (χ1) is 14.1. The van der Waals surface area contributed by atoms with Gasteiger partial charge in [-0.25, -0.2) is 0 Å². The first-order valence-corrected chi connectivity index (χ1v) is 10.2. The highest BCUT2D eigenvalue weighted by Crippen LogP contribution is 2.24. The molecule has 6 heteroatoms. The topological polar surface area (TPSA) is 67.9 Å². The van der Waals surface area contributed by atoms with E-state index in [2.05, 4.69) is 12.2 Å². The van der Waals surface area contributed by atoms with Crippen LogP contribution in [0.3, 0.4) is 0 Å². The number of hydrogen-bond donors (Lipinski definition) is 1. The zero-order chi connectivity index (χ0) is 20.6. The van der Waals surface area contributed by atoms with Crippen LogP contribution in [-0.4, -0.2) is 37.6 Å². The van der Waals surface area contributed by atoms with Crippen molar-refractivity contribution in [1.29, 1.82) is 0 Å². The highest BCUT2D eigenvalue weighted by molar-refractivity contribution is 5.99. The van der Waals surface area contributed by atoms with Crippen LogP contribution in [0.2, 0.25) is 0 Å². The van der Waals surface area contributed by atoms with Gasteiger partial charge in [0.25, 0.3) is 5.91 Å². The molecule has 1 heterocycles. The Morgan fingerprint density at radius 1 is 1.03 bits per heavy atom. The van der Waals surface area contributed by atoms with Gasteiger partial charge in [0, 0.05) is 24.2 Å². The lowest BCUT2D eigenvalue weighted by atomic mass is 10.2. The van der Waals surface area contributed by atoms with E-state index in [0.717, 1.165) is 30.0 Å². The number of nitrogens with zero attached hydrogens (tertiary/aromatic N) is 1. The van der Waals surface area contributed by atoms with Gasteiger partial charge in [0.15, 0.2) is 0 Å². The minimum atomic E-state index is -0.220. The van der Waals surface area contributed by atoms with E-state index in [1.807, 2.05) is 31.2 Å². The van der Waals surface area contributed by atoms with Crippen LogP contribution in [-0.2, 0) is 4.79 Å². The van der Waals surface area contributed by atoms with E-state index in [4.69, 9.17) is 9.47 Å². The van der Waals surface area contributed by atoms with Crippen LogP contribution in [0.4, 0.5) is 5.69 Å². The molecule has 0 aromatic heterocycles. The molecule has 0 aliphatic carbocycles. The first kappa shape index (κ1) is 20.7. The highest BCUT2D eigenvalue weighted by atomic mass is 16.5. The van der Waals surface area contributed by atoms with Gasteiger partial charge in [-0.05, 0) is 61.9 Å². The summed E-state index contributed by atoms with van der Waals surface area (Å²) in [6.45, 7) is 5.77. The van der Waals surface area contributed by atoms with E-state index < -0.39 is 0 Å². The Labute approximate surface area is 171 Å². The van der Waals surface area contributed by atoms with Crippen LogP contribution in [0, 0.1) is 0 Å². The molecule has 1 unspecified atom stereocenters. The molecule has 3 rings (SSSR count). The second-order valence-electron chi connectivity index (χ2n) is 7.03. The van der Waals surface area contributed by atoms with Crippen molar-refractivity contribution in [2.24, 2.45) is 0 Å². The number of benzene rings is 2. The largest absolute Gasteiger partial charge is 0.494 e. The summed E-state index contributed by atoms with van der Waals surface area (Å²) in [5.41, 5.74) is 1.36. The predicted molar refractivity (Wildman–Crippen MR) is 113 cm³/mol. The summed E-state index contributed by atoms with van der Waals surface area (Å²) >= 11 is 0. The quantitative estimate of drug-likeness (QED) is 0.655. The number of hydrogen-bond acceptors (Lipinski definition) is 4. The third kappa shape index (κ3) is 5.50. The first-order valence-electron chi connectivity index (χ1n) is 10.2. The fourth-order valence-corrected chi connectivity index (χ4v) is 3.25. The monoisotopic (exact) mass is 396 g/mol. The maximum atomic E-state index is 12.5. The van der Waals surface area contributed by atoms with Gasteiger partial charge in [0.1, 0.15) is 11.5 Å².